The molecule has 0 fully saturated rings. The van der Waals surface area contributed by atoms with Crippen molar-refractivity contribution < 1.29 is 14.7 Å². The summed E-state index contributed by atoms with van der Waals surface area (Å²) in [6.45, 7) is 5.67. The van der Waals surface area contributed by atoms with Crippen molar-refractivity contribution in [2.45, 2.75) is 27.3 Å². The van der Waals surface area contributed by atoms with Crippen LogP contribution in [0, 0.1) is 20.8 Å². The Morgan fingerprint density at radius 2 is 2.04 bits per heavy atom. The average Bonchev–Trinajstić information content (AvgIpc) is 3.09. The minimum atomic E-state index is -1.09. The first kappa shape index (κ1) is 16.1. The smallest absolute Gasteiger partial charge is 0.355 e. The van der Waals surface area contributed by atoms with Crippen LogP contribution >= 0.6 is 11.3 Å². The van der Waals surface area contributed by atoms with Crippen molar-refractivity contribution in [1.29, 1.82) is 0 Å². The Bertz CT molecular complexity index is 960. The highest BCUT2D eigenvalue weighted by atomic mass is 32.1. The molecule has 0 atom stereocenters. The van der Waals surface area contributed by atoms with E-state index in [1.165, 1.54) is 16.7 Å². The summed E-state index contributed by atoms with van der Waals surface area (Å²) >= 11 is 1.19. The molecule has 0 aliphatic carbocycles. The summed E-state index contributed by atoms with van der Waals surface area (Å²) in [5.74, 6) is -1.40. The Balaban J connectivity index is 1.86. The van der Waals surface area contributed by atoms with E-state index in [4.69, 9.17) is 5.11 Å². The lowest BCUT2D eigenvalue weighted by Crippen LogP contribution is -2.23. The third kappa shape index (κ3) is 2.85. The lowest BCUT2D eigenvalue weighted by Gasteiger charge is -2.04. The quantitative estimate of drug-likeness (QED) is 0.745. The number of nitrogens with one attached hydrogen (secondary N) is 1. The largest absolute Gasteiger partial charge is 0.476 e. The van der Waals surface area contributed by atoms with Crippen LogP contribution in [0.5, 0.6) is 0 Å². The molecule has 9 heteroatoms. The van der Waals surface area contributed by atoms with Crippen LogP contribution in [0.4, 0.5) is 0 Å². The summed E-state index contributed by atoms with van der Waals surface area (Å²) in [5.41, 5.74) is 3.18. The molecule has 24 heavy (non-hydrogen) atoms. The molecule has 0 spiro atoms. The van der Waals surface area contributed by atoms with Gasteiger partial charge in [0, 0.05) is 16.8 Å². The summed E-state index contributed by atoms with van der Waals surface area (Å²) in [6.07, 6.45) is 0. The lowest BCUT2D eigenvalue weighted by molar-refractivity contribution is 0.0691. The second-order valence-corrected chi connectivity index (χ2v) is 6.29. The number of nitrogens with zero attached hydrogens (tertiary/aromatic N) is 4. The standard InChI is InChI=1S/C15H15N5O3S/c1-7-4-8(2)20-13(17-7)12(9(3)19-20)14(21)16-5-11-18-10(6-24-11)15(22)23/h4,6H,5H2,1-3H3,(H,16,21)(H,22,23). The minimum Gasteiger partial charge on any atom is -0.476 e. The van der Waals surface area contributed by atoms with Crippen molar-refractivity contribution in [3.63, 3.8) is 0 Å². The van der Waals surface area contributed by atoms with Gasteiger partial charge in [0.05, 0.1) is 12.2 Å². The molecule has 0 aliphatic rings. The number of amides is 1. The average molecular weight is 345 g/mol. The number of aromatic nitrogens is 4. The number of hydrogen-bond acceptors (Lipinski definition) is 6. The monoisotopic (exact) mass is 345 g/mol. The van der Waals surface area contributed by atoms with E-state index < -0.39 is 5.97 Å². The zero-order valence-corrected chi connectivity index (χ0v) is 14.1. The molecule has 3 rings (SSSR count). The SMILES string of the molecule is Cc1cc(C)n2nc(C)c(C(=O)NCc3nc(C(=O)O)cs3)c2n1. The number of rotatable bonds is 4. The first-order valence-corrected chi connectivity index (χ1v) is 8.04. The van der Waals surface area contributed by atoms with Crippen molar-refractivity contribution in [2.75, 3.05) is 0 Å². The van der Waals surface area contributed by atoms with Crippen molar-refractivity contribution in [2.24, 2.45) is 0 Å². The predicted molar refractivity (Wildman–Crippen MR) is 87.4 cm³/mol. The topological polar surface area (TPSA) is 109 Å². The molecule has 1 amide bonds. The number of thiazole rings is 1. The Hall–Kier alpha value is -2.81. The van der Waals surface area contributed by atoms with Crippen LogP contribution in [0.25, 0.3) is 5.65 Å². The molecule has 124 valence electrons. The van der Waals surface area contributed by atoms with Gasteiger partial charge in [-0.25, -0.2) is 19.3 Å². The van der Waals surface area contributed by atoms with Crippen molar-refractivity contribution in [3.8, 4) is 0 Å². The van der Waals surface area contributed by atoms with Gasteiger partial charge in [-0.3, -0.25) is 4.79 Å². The third-order valence-corrected chi connectivity index (χ3v) is 4.32. The molecule has 0 saturated carbocycles. The summed E-state index contributed by atoms with van der Waals surface area (Å²) in [7, 11) is 0. The van der Waals surface area contributed by atoms with Crippen LogP contribution in [0.1, 0.15) is 42.9 Å². The molecule has 0 saturated heterocycles. The van der Waals surface area contributed by atoms with Gasteiger partial charge in [0.25, 0.3) is 5.91 Å². The van der Waals surface area contributed by atoms with Crippen molar-refractivity contribution >= 4 is 28.9 Å². The summed E-state index contributed by atoms with van der Waals surface area (Å²) in [5, 5.41) is 17.9. The Labute approximate surface area is 141 Å². The van der Waals surface area contributed by atoms with Crippen LogP contribution in [-0.4, -0.2) is 36.6 Å². The maximum atomic E-state index is 12.5. The van der Waals surface area contributed by atoms with Gasteiger partial charge in [-0.1, -0.05) is 0 Å². The van der Waals surface area contributed by atoms with E-state index in [1.54, 1.807) is 11.4 Å². The zero-order valence-electron chi connectivity index (χ0n) is 13.3. The van der Waals surface area contributed by atoms with Crippen LogP contribution in [0.15, 0.2) is 11.4 Å². The number of hydrogen-bond donors (Lipinski definition) is 2. The predicted octanol–water partition coefficient (Wildman–Crippen LogP) is 1.74. The van der Waals surface area contributed by atoms with Crippen LogP contribution in [-0.2, 0) is 6.54 Å². The van der Waals surface area contributed by atoms with Gasteiger partial charge >= 0.3 is 5.97 Å². The van der Waals surface area contributed by atoms with E-state index in [1.807, 2.05) is 19.9 Å². The first-order chi connectivity index (χ1) is 11.4. The number of aromatic carboxylic acids is 1. The van der Waals surface area contributed by atoms with Gasteiger partial charge in [-0.05, 0) is 26.8 Å². The molecule has 0 aliphatic heterocycles. The number of carbonyl (C=O) groups is 2. The van der Waals surface area contributed by atoms with Crippen molar-refractivity contribution in [3.05, 3.63) is 44.8 Å². The zero-order chi connectivity index (χ0) is 17.4. The summed E-state index contributed by atoms with van der Waals surface area (Å²) in [6, 6.07) is 1.89. The molecule has 0 bridgehead atoms. The van der Waals surface area contributed by atoms with Crippen molar-refractivity contribution in [1.82, 2.24) is 24.9 Å². The number of carboxylic acid groups (broad SMARTS) is 1. The first-order valence-electron chi connectivity index (χ1n) is 7.16. The highest BCUT2D eigenvalue weighted by molar-refractivity contribution is 7.09. The molecule has 8 nitrogen and oxygen atoms in total. The maximum Gasteiger partial charge on any atom is 0.355 e. The molecule has 3 heterocycles. The van der Waals surface area contributed by atoms with Gasteiger partial charge in [-0.15, -0.1) is 11.3 Å². The molecule has 0 unspecified atom stereocenters. The third-order valence-electron chi connectivity index (χ3n) is 3.47. The number of carbonyl (C=O) groups excluding carboxylic acids is 1. The van der Waals surface area contributed by atoms with Gasteiger partial charge in [0.1, 0.15) is 10.6 Å². The fraction of sp³-hybridized carbons (Fsp3) is 0.267. The second kappa shape index (κ2) is 6.00. The summed E-state index contributed by atoms with van der Waals surface area (Å²) in [4.78, 5) is 31.7. The van der Waals surface area contributed by atoms with E-state index in [9.17, 15) is 9.59 Å². The molecule has 0 radical (unpaired) electrons. The van der Waals surface area contributed by atoms with E-state index >= 15 is 0 Å². The second-order valence-electron chi connectivity index (χ2n) is 5.35. The number of fused-ring (bicyclic) bond motifs is 1. The molecular formula is C15H15N5O3S. The van der Waals surface area contributed by atoms with E-state index in [2.05, 4.69) is 20.4 Å². The Kier molecular flexibility index (Phi) is 4.02. The van der Waals surface area contributed by atoms with E-state index in [-0.39, 0.29) is 18.1 Å². The van der Waals surface area contributed by atoms with E-state index in [0.717, 1.165) is 11.4 Å². The van der Waals surface area contributed by atoms with Gasteiger partial charge in [-0.2, -0.15) is 5.10 Å². The fourth-order valence-corrected chi connectivity index (χ4v) is 3.14. The highest BCUT2D eigenvalue weighted by Gasteiger charge is 2.20. The van der Waals surface area contributed by atoms with E-state index in [0.29, 0.717) is 21.9 Å². The van der Waals surface area contributed by atoms with Crippen LogP contribution < -0.4 is 5.32 Å². The maximum absolute atomic E-state index is 12.5. The molecular weight excluding hydrogens is 330 g/mol. The van der Waals surface area contributed by atoms with Crippen LogP contribution in [0.3, 0.4) is 0 Å². The molecule has 0 aromatic carbocycles. The summed E-state index contributed by atoms with van der Waals surface area (Å²) < 4.78 is 1.64. The lowest BCUT2D eigenvalue weighted by atomic mass is 10.2. The molecule has 3 aromatic rings. The van der Waals surface area contributed by atoms with Gasteiger partial charge in [0.15, 0.2) is 11.3 Å². The molecule has 3 aromatic heterocycles. The minimum absolute atomic E-state index is 0.0238. The highest BCUT2D eigenvalue weighted by Crippen LogP contribution is 2.16. The Morgan fingerprint density at radius 1 is 1.29 bits per heavy atom. The fourth-order valence-electron chi connectivity index (χ4n) is 2.43. The normalized spacial score (nSPS) is 11.0. The number of carboxylic acids is 1. The Morgan fingerprint density at radius 3 is 2.71 bits per heavy atom. The number of aryl methyl sites for hydroxylation is 3. The van der Waals surface area contributed by atoms with Gasteiger partial charge < -0.3 is 10.4 Å². The molecule has 2 N–H and O–H groups in total. The van der Waals surface area contributed by atoms with Gasteiger partial charge in [0.2, 0.25) is 0 Å². The van der Waals surface area contributed by atoms with Crippen LogP contribution in [0.2, 0.25) is 0 Å².